The van der Waals surface area contributed by atoms with E-state index in [4.69, 9.17) is 15.7 Å². The molecule has 0 bridgehead atoms. The summed E-state index contributed by atoms with van der Waals surface area (Å²) in [5.74, 6) is -1.48. The number of nitrogens with one attached hydrogen (secondary N) is 2. The van der Waals surface area contributed by atoms with E-state index in [1.54, 1.807) is 48.5 Å². The van der Waals surface area contributed by atoms with Crippen LogP contribution in [-0.4, -0.2) is 42.0 Å². The third-order valence-corrected chi connectivity index (χ3v) is 5.05. The lowest BCUT2D eigenvalue weighted by atomic mass is 9.90. The van der Waals surface area contributed by atoms with E-state index in [1.807, 2.05) is 30.3 Å². The van der Waals surface area contributed by atoms with Crippen LogP contribution in [0.1, 0.15) is 26.3 Å². The topological polar surface area (TPSA) is 171 Å². The normalized spacial score (nSPS) is 10.7. The highest BCUT2D eigenvalue weighted by atomic mass is 32.2. The Kier molecular flexibility index (Phi) is 7.83. The zero-order chi connectivity index (χ0) is 26.5. The molecule has 0 aliphatic heterocycles. The number of benzene rings is 4. The second kappa shape index (κ2) is 10.8. The zero-order valence-corrected chi connectivity index (χ0v) is 19.9. The van der Waals surface area contributed by atoms with E-state index in [9.17, 15) is 23.1 Å². The van der Waals surface area contributed by atoms with Gasteiger partial charge in [-0.25, -0.2) is 4.79 Å². The van der Waals surface area contributed by atoms with E-state index < -0.39 is 16.1 Å². The highest BCUT2D eigenvalue weighted by Crippen LogP contribution is 2.35. The summed E-state index contributed by atoms with van der Waals surface area (Å²) >= 11 is 0. The number of fused-ring (bicyclic) bond motifs is 1. The maximum atomic E-state index is 13.2. The van der Waals surface area contributed by atoms with E-state index in [-0.39, 0.29) is 17.3 Å². The molecule has 4 aromatic rings. The molecule has 1 amide bonds. The third kappa shape index (κ3) is 6.53. The third-order valence-electron chi connectivity index (χ3n) is 5.05. The van der Waals surface area contributed by atoms with Gasteiger partial charge in [-0.3, -0.25) is 14.8 Å². The molecule has 4 aromatic carbocycles. The number of aromatic carboxylic acids is 1. The van der Waals surface area contributed by atoms with Gasteiger partial charge in [-0.15, -0.1) is 0 Å². The lowest BCUT2D eigenvalue weighted by molar-refractivity contribution is 0.0697. The first-order chi connectivity index (χ1) is 17.0. The Morgan fingerprint density at radius 3 is 2.06 bits per heavy atom. The number of carbonyl (C=O) groups is 2. The van der Waals surface area contributed by atoms with Crippen LogP contribution >= 0.6 is 0 Å². The summed E-state index contributed by atoms with van der Waals surface area (Å²) in [5, 5.41) is 21.7. The number of nitrogen functional groups attached to an aromatic ring is 1. The van der Waals surface area contributed by atoms with Gasteiger partial charge in [0.1, 0.15) is 5.84 Å². The van der Waals surface area contributed by atoms with Gasteiger partial charge in [-0.1, -0.05) is 48.5 Å². The number of nitrogens with two attached hydrogens (primary N) is 1. The van der Waals surface area contributed by atoms with Gasteiger partial charge >= 0.3 is 5.97 Å². The molecule has 0 atom stereocenters. The van der Waals surface area contributed by atoms with E-state index >= 15 is 0 Å². The van der Waals surface area contributed by atoms with E-state index in [0.717, 1.165) is 10.8 Å². The number of amidine groups is 1. The fourth-order valence-electron chi connectivity index (χ4n) is 3.57. The van der Waals surface area contributed by atoms with Crippen LogP contribution in [0.2, 0.25) is 0 Å². The molecule has 9 nitrogen and oxygen atoms in total. The average molecular weight is 506 g/mol. The maximum absolute atomic E-state index is 13.2. The van der Waals surface area contributed by atoms with Crippen LogP contribution < -0.4 is 11.1 Å². The van der Waals surface area contributed by atoms with Gasteiger partial charge in [-0.05, 0) is 52.7 Å². The first-order valence-corrected chi connectivity index (χ1v) is 12.3. The first kappa shape index (κ1) is 26.1. The van der Waals surface area contributed by atoms with Crippen molar-refractivity contribution in [3.63, 3.8) is 0 Å². The number of hydrogen-bond donors (Lipinski definition) is 5. The van der Waals surface area contributed by atoms with Gasteiger partial charge in [0.05, 0.1) is 11.8 Å². The van der Waals surface area contributed by atoms with E-state index in [1.165, 1.54) is 6.07 Å². The van der Waals surface area contributed by atoms with Gasteiger partial charge in [0, 0.05) is 22.4 Å². The van der Waals surface area contributed by atoms with Crippen molar-refractivity contribution in [2.45, 2.75) is 0 Å². The Hall–Kier alpha value is -4.54. The lowest BCUT2D eigenvalue weighted by Crippen LogP contribution is -2.15. The van der Waals surface area contributed by atoms with Crippen LogP contribution in [0.4, 0.5) is 5.69 Å². The summed E-state index contributed by atoms with van der Waals surface area (Å²) in [7, 11) is -3.67. The Balaban J connectivity index is 0.000000658. The first-order valence-electron chi connectivity index (χ1n) is 10.5. The van der Waals surface area contributed by atoms with Crippen LogP contribution in [0.3, 0.4) is 0 Å². The summed E-state index contributed by atoms with van der Waals surface area (Å²) in [6, 6.07) is 24.4. The molecule has 0 spiro atoms. The molecule has 4 rings (SSSR count). The molecule has 0 heterocycles. The monoisotopic (exact) mass is 505 g/mol. The molecule has 0 saturated carbocycles. The van der Waals surface area contributed by atoms with Crippen molar-refractivity contribution in [2.24, 2.45) is 5.73 Å². The summed E-state index contributed by atoms with van der Waals surface area (Å²) < 4.78 is 25.9. The molecular weight excluding hydrogens is 482 g/mol. The average Bonchev–Trinajstić information content (AvgIpc) is 2.82. The Bertz CT molecular complexity index is 1560. The second-order valence-electron chi connectivity index (χ2n) is 7.74. The molecule has 0 aliphatic rings. The van der Waals surface area contributed by atoms with Crippen molar-refractivity contribution < 1.29 is 27.7 Å². The van der Waals surface area contributed by atoms with Crippen molar-refractivity contribution in [1.29, 1.82) is 5.41 Å². The van der Waals surface area contributed by atoms with Crippen LogP contribution in [0.5, 0.6) is 0 Å². The largest absolute Gasteiger partial charge is 0.478 e. The van der Waals surface area contributed by atoms with Crippen molar-refractivity contribution in [2.75, 3.05) is 11.6 Å². The number of hydrogen-bond acceptors (Lipinski definition) is 5. The summed E-state index contributed by atoms with van der Waals surface area (Å²) in [5.41, 5.74) is 8.10. The minimum absolute atomic E-state index is 0.0556. The van der Waals surface area contributed by atoms with Crippen molar-refractivity contribution in [1.82, 2.24) is 0 Å². The predicted octanol–water partition coefficient (Wildman–Crippen LogP) is 4.25. The molecule has 36 heavy (non-hydrogen) atoms. The molecule has 0 aliphatic carbocycles. The molecule has 0 saturated heterocycles. The van der Waals surface area contributed by atoms with Crippen LogP contribution in [-0.2, 0) is 10.1 Å². The van der Waals surface area contributed by atoms with Crippen molar-refractivity contribution >= 4 is 44.3 Å². The molecule has 10 heteroatoms. The number of anilines is 1. The smallest absolute Gasteiger partial charge is 0.336 e. The highest BCUT2D eigenvalue weighted by molar-refractivity contribution is 7.85. The molecule has 184 valence electrons. The standard InChI is InChI=1S/C25H19N3O3.CH4O3S/c26-23(27)16-9-12-17(13-10-16)28-24(29)21-14-11-15-5-1-2-6-18(15)22(21)19-7-3-4-8-20(19)25(30)31;1-5(2,3)4/h1-14H,(H3,26,27)(H,28,29)(H,30,31);1H3,(H,2,3,4). The highest BCUT2D eigenvalue weighted by Gasteiger charge is 2.20. The second-order valence-corrected chi connectivity index (χ2v) is 9.20. The van der Waals surface area contributed by atoms with Crippen LogP contribution in [0.15, 0.2) is 84.9 Å². The SMILES string of the molecule is CS(=O)(=O)O.N=C(N)c1ccc(NC(=O)c2ccc3ccccc3c2-c2ccccc2C(=O)O)cc1. The maximum Gasteiger partial charge on any atom is 0.336 e. The Morgan fingerprint density at radius 2 is 1.44 bits per heavy atom. The summed E-state index contributed by atoms with van der Waals surface area (Å²) in [6.07, 6.45) is 0.715. The summed E-state index contributed by atoms with van der Waals surface area (Å²) in [6.45, 7) is 0. The molecule has 0 aromatic heterocycles. The van der Waals surface area contributed by atoms with Gasteiger partial charge < -0.3 is 16.2 Å². The molecule has 0 radical (unpaired) electrons. The van der Waals surface area contributed by atoms with Gasteiger partial charge in [-0.2, -0.15) is 8.42 Å². The molecule has 0 unspecified atom stereocenters. The van der Waals surface area contributed by atoms with E-state index in [2.05, 4.69) is 5.32 Å². The summed E-state index contributed by atoms with van der Waals surface area (Å²) in [4.78, 5) is 25.1. The lowest BCUT2D eigenvalue weighted by Gasteiger charge is -2.15. The Labute approximate surface area is 207 Å². The van der Waals surface area contributed by atoms with E-state index in [0.29, 0.717) is 34.2 Å². The predicted molar refractivity (Wildman–Crippen MR) is 139 cm³/mol. The molecule has 6 N–H and O–H groups in total. The number of carboxylic acid groups (broad SMARTS) is 1. The Morgan fingerprint density at radius 1 is 0.861 bits per heavy atom. The van der Waals surface area contributed by atoms with Crippen molar-refractivity contribution in [3.05, 3.63) is 102 Å². The van der Waals surface area contributed by atoms with Gasteiger partial charge in [0.25, 0.3) is 16.0 Å². The number of amides is 1. The van der Waals surface area contributed by atoms with Gasteiger partial charge in [0.2, 0.25) is 0 Å². The number of rotatable bonds is 5. The number of carboxylic acids is 1. The minimum atomic E-state index is -3.67. The number of carbonyl (C=O) groups excluding carboxylic acids is 1. The zero-order valence-electron chi connectivity index (χ0n) is 19.1. The van der Waals surface area contributed by atoms with Crippen LogP contribution in [0, 0.1) is 5.41 Å². The van der Waals surface area contributed by atoms with Crippen LogP contribution in [0.25, 0.3) is 21.9 Å². The fraction of sp³-hybridized carbons (Fsp3) is 0.0385. The molecule has 0 fully saturated rings. The van der Waals surface area contributed by atoms with Crippen molar-refractivity contribution in [3.8, 4) is 11.1 Å². The minimum Gasteiger partial charge on any atom is -0.478 e. The fourth-order valence-corrected chi connectivity index (χ4v) is 3.57. The quantitative estimate of drug-likeness (QED) is 0.153. The van der Waals surface area contributed by atoms with Gasteiger partial charge in [0.15, 0.2) is 0 Å². The molecular formula is C26H23N3O6S.